The van der Waals surface area contributed by atoms with Gasteiger partial charge in [-0.25, -0.2) is 4.98 Å². The first kappa shape index (κ1) is 17.5. The Morgan fingerprint density at radius 1 is 1.04 bits per heavy atom. The minimum atomic E-state index is 0.480. The Kier molecular flexibility index (Phi) is 5.29. The minimum Gasteiger partial charge on any atom is -0.354 e. The van der Waals surface area contributed by atoms with Gasteiger partial charge in [0, 0.05) is 44.5 Å². The van der Waals surface area contributed by atoms with E-state index in [1.54, 1.807) is 0 Å². The molecule has 1 saturated heterocycles. The second-order valence-corrected chi connectivity index (χ2v) is 6.59. The molecule has 0 unspecified atom stereocenters. The van der Waals surface area contributed by atoms with Crippen LogP contribution in [0.4, 0.5) is 11.8 Å². The van der Waals surface area contributed by atoms with E-state index in [-0.39, 0.29) is 0 Å². The molecular formula is C20H24N6O. The van der Waals surface area contributed by atoms with Crippen LogP contribution in [0.2, 0.25) is 0 Å². The van der Waals surface area contributed by atoms with Crippen molar-refractivity contribution in [3.63, 3.8) is 0 Å². The van der Waals surface area contributed by atoms with Crippen LogP contribution in [0.5, 0.6) is 0 Å². The summed E-state index contributed by atoms with van der Waals surface area (Å²) in [7, 11) is 0. The number of rotatable bonds is 6. The van der Waals surface area contributed by atoms with Gasteiger partial charge in [-0.15, -0.1) is 0 Å². The first-order valence-corrected chi connectivity index (χ1v) is 9.37. The Morgan fingerprint density at radius 2 is 1.85 bits per heavy atom. The Balaban J connectivity index is 1.32. The van der Waals surface area contributed by atoms with Crippen molar-refractivity contribution in [1.29, 1.82) is 0 Å². The van der Waals surface area contributed by atoms with Gasteiger partial charge in [-0.05, 0) is 35.5 Å². The number of anilines is 2. The van der Waals surface area contributed by atoms with Gasteiger partial charge in [0.1, 0.15) is 5.82 Å². The average molecular weight is 364 g/mol. The number of hydrogen-bond acceptors (Lipinski definition) is 7. The summed E-state index contributed by atoms with van der Waals surface area (Å²) in [5.41, 5.74) is 1.99. The van der Waals surface area contributed by atoms with Crippen LogP contribution in [0.25, 0.3) is 11.5 Å². The van der Waals surface area contributed by atoms with Crippen LogP contribution < -0.4 is 10.2 Å². The standard InChI is InChI=1S/C20H24N6O/c1-2-25-10-12-26(13-11-25)18-9-8-16(14-21-18)15-22-20-23-19(27-24-20)17-6-4-3-5-7-17/h3-9,14H,2,10-13,15H2,1H3,(H,22,24). The molecule has 0 saturated carbocycles. The monoisotopic (exact) mass is 364 g/mol. The summed E-state index contributed by atoms with van der Waals surface area (Å²) in [4.78, 5) is 13.8. The van der Waals surface area contributed by atoms with Crippen LogP contribution in [0.1, 0.15) is 12.5 Å². The third-order valence-electron chi connectivity index (χ3n) is 4.85. The molecule has 1 aliphatic heterocycles. The van der Waals surface area contributed by atoms with Crippen molar-refractivity contribution in [3.8, 4) is 11.5 Å². The Labute approximate surface area is 159 Å². The van der Waals surface area contributed by atoms with Crippen LogP contribution in [0.15, 0.2) is 53.2 Å². The second kappa shape index (κ2) is 8.18. The number of likely N-dealkylation sites (N-methyl/N-ethyl adjacent to an activating group) is 1. The molecule has 0 radical (unpaired) electrons. The fourth-order valence-corrected chi connectivity index (χ4v) is 3.18. The molecule has 0 bridgehead atoms. The van der Waals surface area contributed by atoms with E-state index in [9.17, 15) is 0 Å². The fourth-order valence-electron chi connectivity index (χ4n) is 3.18. The van der Waals surface area contributed by atoms with Gasteiger partial charge in [-0.3, -0.25) is 0 Å². The molecule has 1 aliphatic rings. The molecule has 7 heteroatoms. The summed E-state index contributed by atoms with van der Waals surface area (Å²) < 4.78 is 5.31. The van der Waals surface area contributed by atoms with Gasteiger partial charge in [-0.2, -0.15) is 4.98 Å². The topological polar surface area (TPSA) is 70.3 Å². The van der Waals surface area contributed by atoms with E-state index >= 15 is 0 Å². The van der Waals surface area contributed by atoms with Gasteiger partial charge in [0.2, 0.25) is 0 Å². The first-order valence-electron chi connectivity index (χ1n) is 9.37. The highest BCUT2D eigenvalue weighted by Gasteiger charge is 2.16. The molecule has 7 nitrogen and oxygen atoms in total. The predicted molar refractivity (Wildman–Crippen MR) is 106 cm³/mol. The minimum absolute atomic E-state index is 0.480. The summed E-state index contributed by atoms with van der Waals surface area (Å²) in [6.07, 6.45) is 1.91. The Hall–Kier alpha value is -2.93. The second-order valence-electron chi connectivity index (χ2n) is 6.59. The van der Waals surface area contributed by atoms with Crippen molar-refractivity contribution in [3.05, 3.63) is 54.2 Å². The highest BCUT2D eigenvalue weighted by Crippen LogP contribution is 2.18. The molecule has 0 aliphatic carbocycles. The first-order chi connectivity index (χ1) is 13.3. The number of piperazine rings is 1. The zero-order chi connectivity index (χ0) is 18.5. The molecule has 0 spiro atoms. The average Bonchev–Trinajstić information content (AvgIpc) is 3.22. The fraction of sp³-hybridized carbons (Fsp3) is 0.350. The largest absolute Gasteiger partial charge is 0.354 e. The lowest BCUT2D eigenvalue weighted by Crippen LogP contribution is -2.46. The third-order valence-corrected chi connectivity index (χ3v) is 4.85. The number of nitrogens with one attached hydrogen (secondary N) is 1. The van der Waals surface area contributed by atoms with Crippen molar-refractivity contribution in [2.75, 3.05) is 42.9 Å². The van der Waals surface area contributed by atoms with Gasteiger partial charge in [-0.1, -0.05) is 31.2 Å². The normalized spacial score (nSPS) is 15.1. The predicted octanol–water partition coefficient (Wildman–Crippen LogP) is 2.89. The van der Waals surface area contributed by atoms with Crippen LogP contribution in [-0.2, 0) is 6.54 Å². The molecule has 3 heterocycles. The number of aromatic nitrogens is 3. The number of benzene rings is 1. The van der Waals surface area contributed by atoms with Crippen LogP contribution >= 0.6 is 0 Å². The van der Waals surface area contributed by atoms with E-state index in [1.807, 2.05) is 36.5 Å². The van der Waals surface area contributed by atoms with Crippen molar-refractivity contribution in [2.24, 2.45) is 0 Å². The summed E-state index contributed by atoms with van der Waals surface area (Å²) in [5.74, 6) is 2.03. The SMILES string of the molecule is CCN1CCN(c2ccc(CNc3noc(-c4ccccc4)n3)cn2)CC1. The van der Waals surface area contributed by atoms with Gasteiger partial charge < -0.3 is 19.6 Å². The maximum atomic E-state index is 5.31. The van der Waals surface area contributed by atoms with Crippen molar-refractivity contribution in [1.82, 2.24) is 20.0 Å². The van der Waals surface area contributed by atoms with Crippen molar-refractivity contribution in [2.45, 2.75) is 13.5 Å². The molecule has 1 aromatic carbocycles. The lowest BCUT2D eigenvalue weighted by atomic mass is 10.2. The van der Waals surface area contributed by atoms with Crippen molar-refractivity contribution < 1.29 is 4.52 Å². The maximum Gasteiger partial charge on any atom is 0.264 e. The summed E-state index contributed by atoms with van der Waals surface area (Å²) in [5, 5.41) is 7.17. The van der Waals surface area contributed by atoms with Crippen LogP contribution in [0, 0.1) is 0 Å². The molecule has 1 fully saturated rings. The third kappa shape index (κ3) is 4.25. The Bertz CT molecular complexity index is 840. The van der Waals surface area contributed by atoms with Gasteiger partial charge >= 0.3 is 0 Å². The number of pyridine rings is 1. The summed E-state index contributed by atoms with van der Waals surface area (Å²) >= 11 is 0. The van der Waals surface area contributed by atoms with Crippen molar-refractivity contribution >= 4 is 11.8 Å². The number of nitrogens with zero attached hydrogens (tertiary/aromatic N) is 5. The molecule has 1 N–H and O–H groups in total. The molecule has 27 heavy (non-hydrogen) atoms. The molecule has 2 aromatic heterocycles. The molecule has 140 valence electrons. The smallest absolute Gasteiger partial charge is 0.264 e. The van der Waals surface area contributed by atoms with E-state index in [0.29, 0.717) is 18.4 Å². The molecule has 4 rings (SSSR count). The maximum absolute atomic E-state index is 5.31. The summed E-state index contributed by atoms with van der Waals surface area (Å²) in [6, 6.07) is 13.9. The molecule has 3 aromatic rings. The summed E-state index contributed by atoms with van der Waals surface area (Å²) in [6.45, 7) is 8.19. The van der Waals surface area contributed by atoms with E-state index in [1.165, 1.54) is 0 Å². The lowest BCUT2D eigenvalue weighted by Gasteiger charge is -2.34. The van der Waals surface area contributed by atoms with E-state index in [4.69, 9.17) is 4.52 Å². The lowest BCUT2D eigenvalue weighted by molar-refractivity contribution is 0.270. The molecule has 0 amide bonds. The van der Waals surface area contributed by atoms with Gasteiger partial charge in [0.15, 0.2) is 0 Å². The van der Waals surface area contributed by atoms with E-state index < -0.39 is 0 Å². The highest BCUT2D eigenvalue weighted by molar-refractivity contribution is 5.53. The van der Waals surface area contributed by atoms with Gasteiger partial charge in [0.25, 0.3) is 11.8 Å². The van der Waals surface area contributed by atoms with Gasteiger partial charge in [0.05, 0.1) is 0 Å². The highest BCUT2D eigenvalue weighted by atomic mass is 16.5. The Morgan fingerprint density at radius 3 is 2.56 bits per heavy atom. The zero-order valence-electron chi connectivity index (χ0n) is 15.5. The quantitative estimate of drug-likeness (QED) is 0.721. The van der Waals surface area contributed by atoms with E-state index in [2.05, 4.69) is 49.3 Å². The molecule has 0 atom stereocenters. The van der Waals surface area contributed by atoms with Crippen LogP contribution in [0.3, 0.4) is 0 Å². The van der Waals surface area contributed by atoms with Crippen LogP contribution in [-0.4, -0.2) is 52.7 Å². The number of hydrogen-bond donors (Lipinski definition) is 1. The zero-order valence-corrected chi connectivity index (χ0v) is 15.5. The van der Waals surface area contributed by atoms with E-state index in [0.717, 1.165) is 49.7 Å². The molecular weight excluding hydrogens is 340 g/mol.